The van der Waals surface area contributed by atoms with Crippen LogP contribution in [0.3, 0.4) is 0 Å². The number of fused-ring (bicyclic) bond motifs is 3. The van der Waals surface area contributed by atoms with E-state index in [0.717, 1.165) is 19.0 Å². The summed E-state index contributed by atoms with van der Waals surface area (Å²) in [5, 5.41) is 4.97. The molecule has 128 valence electrons. The predicted octanol–water partition coefficient (Wildman–Crippen LogP) is 2.32. The Kier molecular flexibility index (Phi) is 3.56. The molecule has 0 amide bonds. The third kappa shape index (κ3) is 2.27. The van der Waals surface area contributed by atoms with Crippen LogP contribution in [0, 0.1) is 0 Å². The Labute approximate surface area is 144 Å². The predicted molar refractivity (Wildman–Crippen MR) is 100 cm³/mol. The van der Waals surface area contributed by atoms with Gasteiger partial charge in [0.05, 0.1) is 0 Å². The van der Waals surface area contributed by atoms with E-state index in [1.807, 2.05) is 0 Å². The van der Waals surface area contributed by atoms with E-state index in [9.17, 15) is 0 Å². The maximum atomic E-state index is 3.44. The van der Waals surface area contributed by atoms with Crippen molar-refractivity contribution >= 4 is 16.7 Å². The molecule has 0 radical (unpaired) electrons. The number of piperazine rings is 1. The molecular formula is C20H28N4. The molecule has 2 aromatic rings. The Morgan fingerprint density at radius 1 is 1.08 bits per heavy atom. The van der Waals surface area contributed by atoms with Crippen molar-refractivity contribution in [3.63, 3.8) is 0 Å². The number of piperidine rings is 1. The van der Waals surface area contributed by atoms with Gasteiger partial charge in [-0.05, 0) is 42.9 Å². The summed E-state index contributed by atoms with van der Waals surface area (Å²) in [4.78, 5) is 5.20. The highest BCUT2D eigenvalue weighted by Gasteiger charge is 2.35. The van der Waals surface area contributed by atoms with E-state index in [2.05, 4.69) is 44.9 Å². The van der Waals surface area contributed by atoms with Crippen molar-refractivity contribution in [3.05, 3.63) is 29.3 Å². The topological polar surface area (TPSA) is 23.4 Å². The molecule has 0 unspecified atom stereocenters. The number of nitrogens with one attached hydrogen (secondary N) is 1. The van der Waals surface area contributed by atoms with Gasteiger partial charge in [-0.2, -0.15) is 0 Å². The lowest BCUT2D eigenvalue weighted by atomic mass is 9.84. The summed E-state index contributed by atoms with van der Waals surface area (Å²) in [5.74, 6) is 2.30. The van der Waals surface area contributed by atoms with Gasteiger partial charge in [0.2, 0.25) is 0 Å². The summed E-state index contributed by atoms with van der Waals surface area (Å²) in [6.45, 7) is 8.36. The molecule has 2 bridgehead atoms. The van der Waals surface area contributed by atoms with Gasteiger partial charge >= 0.3 is 0 Å². The Morgan fingerprint density at radius 2 is 1.88 bits per heavy atom. The second-order valence-electron chi connectivity index (χ2n) is 7.75. The largest absolute Gasteiger partial charge is 0.358 e. The molecule has 4 aliphatic heterocycles. The first-order valence-corrected chi connectivity index (χ1v) is 9.60. The van der Waals surface area contributed by atoms with E-state index in [4.69, 9.17) is 0 Å². The second-order valence-corrected chi connectivity index (χ2v) is 7.75. The molecule has 6 rings (SSSR count). The molecule has 4 nitrogen and oxygen atoms in total. The van der Waals surface area contributed by atoms with Crippen molar-refractivity contribution in [2.45, 2.75) is 25.2 Å². The van der Waals surface area contributed by atoms with Crippen molar-refractivity contribution in [2.75, 3.05) is 50.7 Å². The summed E-state index contributed by atoms with van der Waals surface area (Å²) in [7, 11) is 2.25. The van der Waals surface area contributed by atoms with Gasteiger partial charge in [0.1, 0.15) is 5.82 Å². The third-order valence-electron chi connectivity index (χ3n) is 6.40. The molecule has 2 saturated heterocycles. The fraction of sp³-hybridized carbons (Fsp3) is 0.600. The molecule has 0 spiro atoms. The molecule has 0 aliphatic carbocycles. The second kappa shape index (κ2) is 5.78. The lowest BCUT2D eigenvalue weighted by molar-refractivity contribution is 0.244. The van der Waals surface area contributed by atoms with Crippen LogP contribution in [0.5, 0.6) is 0 Å². The molecule has 1 N–H and O–H groups in total. The van der Waals surface area contributed by atoms with Crippen LogP contribution in [0.4, 0.5) is 5.82 Å². The molecule has 5 heterocycles. The van der Waals surface area contributed by atoms with Gasteiger partial charge in [-0.3, -0.25) is 0 Å². The number of aromatic nitrogens is 1. The lowest BCUT2D eigenvalue weighted by Gasteiger charge is -2.41. The van der Waals surface area contributed by atoms with Crippen LogP contribution in [0.2, 0.25) is 0 Å². The molecule has 0 atom stereocenters. The van der Waals surface area contributed by atoms with Crippen molar-refractivity contribution in [1.29, 1.82) is 0 Å². The maximum absolute atomic E-state index is 3.44. The highest BCUT2D eigenvalue weighted by molar-refractivity contribution is 5.92. The molecule has 1 aromatic carbocycles. The average Bonchev–Trinajstić information content (AvgIpc) is 2.97. The number of benzene rings is 1. The van der Waals surface area contributed by atoms with E-state index < -0.39 is 0 Å². The number of anilines is 1. The van der Waals surface area contributed by atoms with Gasteiger partial charge in [0.25, 0.3) is 0 Å². The molecule has 24 heavy (non-hydrogen) atoms. The SMILES string of the molecule is Cn1c2c(c3cc(CCN4CCNCC4)ccc31)C1CCN2CC1. The molecular weight excluding hydrogens is 296 g/mol. The average molecular weight is 324 g/mol. The standard InChI is InChI=1S/C20H28N4/c1-22-18-3-2-15(4-9-23-12-7-21-8-13-23)14-17(18)19-16-5-10-24(11-6-16)20(19)22/h2-3,14,16,21H,4-13H2,1H3. The quantitative estimate of drug-likeness (QED) is 0.937. The first kappa shape index (κ1) is 14.8. The maximum Gasteiger partial charge on any atom is 0.112 e. The molecule has 4 aliphatic rings. The number of hydrogen-bond donors (Lipinski definition) is 1. The Hall–Kier alpha value is -1.52. The normalized spacial score (nSPS) is 21.6. The van der Waals surface area contributed by atoms with Gasteiger partial charge < -0.3 is 19.7 Å². The van der Waals surface area contributed by atoms with Gasteiger partial charge in [0, 0.05) is 69.3 Å². The van der Waals surface area contributed by atoms with E-state index in [-0.39, 0.29) is 0 Å². The Balaban J connectivity index is 1.46. The Morgan fingerprint density at radius 3 is 2.67 bits per heavy atom. The van der Waals surface area contributed by atoms with E-state index in [1.165, 1.54) is 74.3 Å². The summed E-state index contributed by atoms with van der Waals surface area (Å²) >= 11 is 0. The first-order valence-electron chi connectivity index (χ1n) is 9.60. The molecule has 4 heteroatoms. The minimum atomic E-state index is 0.789. The number of hydrogen-bond acceptors (Lipinski definition) is 3. The van der Waals surface area contributed by atoms with Crippen molar-refractivity contribution in [3.8, 4) is 0 Å². The first-order chi connectivity index (χ1) is 11.8. The number of aryl methyl sites for hydroxylation is 1. The molecule has 1 aromatic heterocycles. The minimum Gasteiger partial charge on any atom is -0.358 e. The van der Waals surface area contributed by atoms with Crippen LogP contribution < -0.4 is 10.2 Å². The lowest BCUT2D eigenvalue weighted by Crippen LogP contribution is -2.44. The van der Waals surface area contributed by atoms with E-state index >= 15 is 0 Å². The van der Waals surface area contributed by atoms with Crippen LogP contribution in [-0.4, -0.2) is 55.3 Å². The van der Waals surface area contributed by atoms with Crippen LogP contribution in [0.1, 0.15) is 29.9 Å². The molecule has 2 fully saturated rings. The fourth-order valence-corrected chi connectivity index (χ4v) is 5.05. The van der Waals surface area contributed by atoms with Crippen LogP contribution >= 0.6 is 0 Å². The summed E-state index contributed by atoms with van der Waals surface area (Å²) in [5.41, 5.74) is 4.57. The Bertz CT molecular complexity index is 749. The van der Waals surface area contributed by atoms with Crippen molar-refractivity contribution in [1.82, 2.24) is 14.8 Å². The minimum absolute atomic E-state index is 0.789. The summed E-state index contributed by atoms with van der Waals surface area (Å²) < 4.78 is 2.44. The van der Waals surface area contributed by atoms with E-state index in [0.29, 0.717) is 0 Å². The van der Waals surface area contributed by atoms with Crippen molar-refractivity contribution < 1.29 is 0 Å². The van der Waals surface area contributed by atoms with Gasteiger partial charge in [-0.15, -0.1) is 0 Å². The number of rotatable bonds is 3. The zero-order valence-corrected chi connectivity index (χ0v) is 14.7. The van der Waals surface area contributed by atoms with Crippen LogP contribution in [-0.2, 0) is 13.5 Å². The fourth-order valence-electron chi connectivity index (χ4n) is 5.05. The van der Waals surface area contributed by atoms with Gasteiger partial charge in [-0.1, -0.05) is 6.07 Å². The monoisotopic (exact) mass is 324 g/mol. The highest BCUT2D eigenvalue weighted by atomic mass is 15.3. The smallest absolute Gasteiger partial charge is 0.112 e. The van der Waals surface area contributed by atoms with Crippen LogP contribution in [0.15, 0.2) is 18.2 Å². The summed E-state index contributed by atoms with van der Waals surface area (Å²) in [6, 6.07) is 7.21. The number of nitrogens with zero attached hydrogens (tertiary/aromatic N) is 3. The van der Waals surface area contributed by atoms with E-state index in [1.54, 1.807) is 5.56 Å². The third-order valence-corrected chi connectivity index (χ3v) is 6.40. The zero-order valence-electron chi connectivity index (χ0n) is 14.7. The van der Waals surface area contributed by atoms with Crippen molar-refractivity contribution in [2.24, 2.45) is 7.05 Å². The van der Waals surface area contributed by atoms with Crippen LogP contribution in [0.25, 0.3) is 10.9 Å². The highest BCUT2D eigenvalue weighted by Crippen LogP contribution is 2.47. The zero-order chi connectivity index (χ0) is 16.1. The summed E-state index contributed by atoms with van der Waals surface area (Å²) in [6.07, 6.45) is 3.86. The molecule has 0 saturated carbocycles. The van der Waals surface area contributed by atoms with Gasteiger partial charge in [0.15, 0.2) is 0 Å². The van der Waals surface area contributed by atoms with Gasteiger partial charge in [-0.25, -0.2) is 0 Å².